The standard InChI is InChI=1S/C35H21N3O/c1-36-27-17-9-14-22-21-12-5-7-15-25(21)38-33-24(18-19-28(36)32(33)29(22)27)31-30-23-13-6-8-16-26(23)37(34(30)39-35(31)38)20-10-3-2-4-11-20/h2-19H,1H3. The molecule has 0 fully saturated rings. The Bertz CT molecular complexity index is 2610. The molecule has 0 atom stereocenters. The van der Waals surface area contributed by atoms with Crippen LogP contribution in [0.25, 0.3) is 87.8 Å². The number of aryl methyl sites for hydroxylation is 1. The first-order chi connectivity index (χ1) is 19.3. The van der Waals surface area contributed by atoms with Gasteiger partial charge in [-0.15, -0.1) is 0 Å². The lowest BCUT2D eigenvalue weighted by molar-refractivity contribution is 0.630. The van der Waals surface area contributed by atoms with E-state index in [1.165, 1.54) is 59.6 Å². The summed E-state index contributed by atoms with van der Waals surface area (Å²) in [5.41, 5.74) is 8.90. The van der Waals surface area contributed by atoms with Crippen molar-refractivity contribution in [1.82, 2.24) is 13.5 Å². The lowest BCUT2D eigenvalue weighted by atomic mass is 10.0. The largest absolute Gasteiger partial charge is 0.422 e. The first kappa shape index (κ1) is 19.8. The predicted molar refractivity (Wildman–Crippen MR) is 162 cm³/mol. The highest BCUT2D eigenvalue weighted by Gasteiger charge is 2.27. The zero-order valence-electron chi connectivity index (χ0n) is 21.1. The molecule has 5 heterocycles. The Kier molecular flexibility index (Phi) is 3.36. The number of furan rings is 1. The van der Waals surface area contributed by atoms with E-state index < -0.39 is 0 Å². The van der Waals surface area contributed by atoms with Crippen LogP contribution in [0.3, 0.4) is 0 Å². The fourth-order valence-electron chi connectivity index (χ4n) is 7.25. The van der Waals surface area contributed by atoms with Crippen molar-refractivity contribution in [2.45, 2.75) is 0 Å². The maximum Gasteiger partial charge on any atom is 0.215 e. The molecule has 0 aliphatic heterocycles. The van der Waals surface area contributed by atoms with Gasteiger partial charge in [-0.1, -0.05) is 66.7 Å². The van der Waals surface area contributed by atoms with Crippen molar-refractivity contribution in [3.8, 4) is 5.69 Å². The number of rotatable bonds is 1. The Morgan fingerprint density at radius 3 is 2.00 bits per heavy atom. The molecule has 4 nitrogen and oxygen atoms in total. The van der Waals surface area contributed by atoms with Gasteiger partial charge in [0.05, 0.1) is 32.8 Å². The highest BCUT2D eigenvalue weighted by atomic mass is 16.4. The second-order valence-corrected chi connectivity index (χ2v) is 10.6. The van der Waals surface area contributed by atoms with E-state index in [-0.39, 0.29) is 0 Å². The fourth-order valence-corrected chi connectivity index (χ4v) is 7.25. The second-order valence-electron chi connectivity index (χ2n) is 10.6. The van der Waals surface area contributed by atoms with Crippen LogP contribution in [0, 0.1) is 0 Å². The zero-order valence-corrected chi connectivity index (χ0v) is 21.1. The van der Waals surface area contributed by atoms with Crippen LogP contribution < -0.4 is 0 Å². The molecule has 0 saturated carbocycles. The Morgan fingerprint density at radius 2 is 1.13 bits per heavy atom. The normalized spacial score (nSPS) is 12.7. The SMILES string of the molecule is Cn1c2cccc3c4ccccc4n4c5oc6c(c7ccccc7n6-c6ccccc6)c5c5ccc1c(c32)c54. The smallest absolute Gasteiger partial charge is 0.215 e. The molecule has 0 unspecified atom stereocenters. The first-order valence-corrected chi connectivity index (χ1v) is 13.4. The van der Waals surface area contributed by atoms with E-state index in [1.54, 1.807) is 0 Å². The molecule has 10 aromatic rings. The Balaban J connectivity index is 1.58. The molecule has 0 aliphatic rings. The van der Waals surface area contributed by atoms with E-state index in [4.69, 9.17) is 4.42 Å². The van der Waals surface area contributed by atoms with Crippen molar-refractivity contribution in [1.29, 1.82) is 0 Å². The van der Waals surface area contributed by atoms with Crippen molar-refractivity contribution >= 4 is 82.1 Å². The highest BCUT2D eigenvalue weighted by Crippen LogP contribution is 2.48. The van der Waals surface area contributed by atoms with Crippen LogP contribution in [0.4, 0.5) is 0 Å². The van der Waals surface area contributed by atoms with Gasteiger partial charge in [-0.25, -0.2) is 0 Å². The van der Waals surface area contributed by atoms with Gasteiger partial charge in [-0.3, -0.25) is 8.97 Å². The average Bonchev–Trinajstić information content (AvgIpc) is 3.66. The maximum absolute atomic E-state index is 7.03. The molecule has 0 amide bonds. The summed E-state index contributed by atoms with van der Waals surface area (Å²) in [5, 5.41) is 9.89. The maximum atomic E-state index is 7.03. The minimum absolute atomic E-state index is 0.885. The van der Waals surface area contributed by atoms with Crippen LogP contribution in [0.15, 0.2) is 114 Å². The van der Waals surface area contributed by atoms with Crippen molar-refractivity contribution < 1.29 is 4.42 Å². The summed E-state index contributed by atoms with van der Waals surface area (Å²) in [6, 6.07) is 39.2. The topological polar surface area (TPSA) is 27.4 Å². The van der Waals surface area contributed by atoms with Crippen molar-refractivity contribution in [2.24, 2.45) is 7.05 Å². The summed E-state index contributed by atoms with van der Waals surface area (Å²) >= 11 is 0. The molecule has 0 bridgehead atoms. The molecule has 0 spiro atoms. The van der Waals surface area contributed by atoms with Gasteiger partial charge in [0.1, 0.15) is 0 Å². The molecule has 0 N–H and O–H groups in total. The van der Waals surface area contributed by atoms with Crippen LogP contribution in [0.5, 0.6) is 0 Å². The van der Waals surface area contributed by atoms with Gasteiger partial charge >= 0.3 is 0 Å². The third-order valence-electron chi connectivity index (χ3n) is 8.81. The summed E-state index contributed by atoms with van der Waals surface area (Å²) in [6.07, 6.45) is 0. The van der Waals surface area contributed by atoms with Crippen LogP contribution in [-0.2, 0) is 7.05 Å². The monoisotopic (exact) mass is 499 g/mol. The molecule has 0 saturated heterocycles. The molecule has 0 radical (unpaired) electrons. The van der Waals surface area contributed by atoms with Crippen molar-refractivity contribution in [2.75, 3.05) is 0 Å². The van der Waals surface area contributed by atoms with E-state index in [1.807, 2.05) is 0 Å². The fraction of sp³-hybridized carbons (Fsp3) is 0.0286. The van der Waals surface area contributed by atoms with Crippen LogP contribution in [0.2, 0.25) is 0 Å². The van der Waals surface area contributed by atoms with Gasteiger partial charge in [0, 0.05) is 45.2 Å². The summed E-state index contributed by atoms with van der Waals surface area (Å²) < 4.78 is 14.0. The number of fused-ring (bicyclic) bond motifs is 10. The van der Waals surface area contributed by atoms with Crippen LogP contribution >= 0.6 is 0 Å². The predicted octanol–water partition coefficient (Wildman–Crippen LogP) is 9.17. The number of nitrogens with zero attached hydrogens (tertiary/aromatic N) is 3. The molecular weight excluding hydrogens is 478 g/mol. The van der Waals surface area contributed by atoms with Gasteiger partial charge in [0.25, 0.3) is 0 Å². The Labute approximate surface area is 221 Å². The molecule has 39 heavy (non-hydrogen) atoms. The molecule has 182 valence electrons. The van der Waals surface area contributed by atoms with Gasteiger partial charge < -0.3 is 8.98 Å². The van der Waals surface area contributed by atoms with Gasteiger partial charge in [-0.05, 0) is 47.9 Å². The molecule has 10 rings (SSSR count). The molecular formula is C35H21N3O. The van der Waals surface area contributed by atoms with Gasteiger partial charge in [0.2, 0.25) is 11.4 Å². The minimum Gasteiger partial charge on any atom is -0.422 e. The van der Waals surface area contributed by atoms with E-state index >= 15 is 0 Å². The first-order valence-electron chi connectivity index (χ1n) is 13.4. The van der Waals surface area contributed by atoms with E-state index in [0.717, 1.165) is 28.1 Å². The highest BCUT2D eigenvalue weighted by molar-refractivity contribution is 6.36. The molecule has 5 aromatic carbocycles. The van der Waals surface area contributed by atoms with E-state index in [2.05, 4.69) is 130 Å². The lowest BCUT2D eigenvalue weighted by Gasteiger charge is -2.05. The minimum atomic E-state index is 0.885. The molecule has 0 aliphatic carbocycles. The number of benzene rings is 5. The summed E-state index contributed by atoms with van der Waals surface area (Å²) in [4.78, 5) is 0. The number of hydrogen-bond donors (Lipinski definition) is 0. The number of para-hydroxylation sites is 3. The van der Waals surface area contributed by atoms with Gasteiger partial charge in [0.15, 0.2) is 0 Å². The van der Waals surface area contributed by atoms with E-state index in [0.29, 0.717) is 0 Å². The third-order valence-corrected chi connectivity index (χ3v) is 8.81. The lowest BCUT2D eigenvalue weighted by Crippen LogP contribution is -1.92. The van der Waals surface area contributed by atoms with Crippen molar-refractivity contribution in [3.63, 3.8) is 0 Å². The number of aromatic nitrogens is 3. The zero-order chi connectivity index (χ0) is 25.4. The third kappa shape index (κ3) is 2.16. The van der Waals surface area contributed by atoms with E-state index in [9.17, 15) is 0 Å². The summed E-state index contributed by atoms with van der Waals surface area (Å²) in [7, 11) is 2.18. The summed E-state index contributed by atoms with van der Waals surface area (Å²) in [6.45, 7) is 0. The average molecular weight is 500 g/mol. The molecule has 4 heteroatoms. The molecule has 5 aromatic heterocycles. The van der Waals surface area contributed by atoms with Crippen LogP contribution in [0.1, 0.15) is 0 Å². The Hall–Kier alpha value is -5.22. The quantitative estimate of drug-likeness (QED) is 0.221. The summed E-state index contributed by atoms with van der Waals surface area (Å²) in [5.74, 6) is 0. The number of hydrogen-bond acceptors (Lipinski definition) is 1. The van der Waals surface area contributed by atoms with Crippen LogP contribution in [-0.4, -0.2) is 13.5 Å². The second kappa shape index (κ2) is 6.61. The Morgan fingerprint density at radius 1 is 0.462 bits per heavy atom. The van der Waals surface area contributed by atoms with Gasteiger partial charge in [-0.2, -0.15) is 0 Å². The van der Waals surface area contributed by atoms with Crippen molar-refractivity contribution in [3.05, 3.63) is 109 Å².